The molecule has 2 heterocycles. The molecule has 0 saturated heterocycles. The normalized spacial score (nSPS) is 10.4. The van der Waals surface area contributed by atoms with E-state index in [2.05, 4.69) is 19.6 Å². The third-order valence-electron chi connectivity index (χ3n) is 1.60. The van der Waals surface area contributed by atoms with Crippen molar-refractivity contribution in [1.82, 2.24) is 15.1 Å². The van der Waals surface area contributed by atoms with Crippen molar-refractivity contribution in [2.45, 2.75) is 10.9 Å². The molecule has 6 nitrogen and oxygen atoms in total. The molecule has 2 rings (SSSR count). The van der Waals surface area contributed by atoms with Gasteiger partial charge in [-0.1, -0.05) is 16.9 Å². The lowest BCUT2D eigenvalue weighted by atomic mass is 10.4. The Hall–Kier alpha value is -1.76. The second kappa shape index (κ2) is 4.18. The summed E-state index contributed by atoms with van der Waals surface area (Å²) in [7, 11) is 0. The summed E-state index contributed by atoms with van der Waals surface area (Å²) in [5, 5.41) is 4.05. The van der Waals surface area contributed by atoms with Crippen molar-refractivity contribution >= 4 is 17.6 Å². The molecule has 0 fully saturated rings. The van der Waals surface area contributed by atoms with E-state index in [1.807, 2.05) is 0 Å². The molecule has 15 heavy (non-hydrogen) atoms. The van der Waals surface area contributed by atoms with Gasteiger partial charge in [-0.25, -0.2) is 4.98 Å². The van der Waals surface area contributed by atoms with Crippen LogP contribution in [-0.2, 0) is 5.75 Å². The molecule has 0 aliphatic carbocycles. The highest BCUT2D eigenvalue weighted by Gasteiger charge is 2.01. The van der Waals surface area contributed by atoms with Gasteiger partial charge < -0.3 is 15.2 Å². The van der Waals surface area contributed by atoms with Gasteiger partial charge in [0.2, 0.25) is 0 Å². The zero-order valence-corrected chi connectivity index (χ0v) is 8.45. The minimum absolute atomic E-state index is 0.214. The topological polar surface area (TPSA) is 97.8 Å². The summed E-state index contributed by atoms with van der Waals surface area (Å²) in [5.74, 6) is 0.835. The van der Waals surface area contributed by atoms with Gasteiger partial charge in [0.05, 0.1) is 6.20 Å². The predicted octanol–water partition coefficient (Wildman–Crippen LogP) is 0.632. The Kier molecular flexibility index (Phi) is 2.72. The molecular formula is C8H8N4O2S. The van der Waals surface area contributed by atoms with Crippen LogP contribution in [0.1, 0.15) is 5.56 Å². The average molecular weight is 224 g/mol. The number of aromatic amines is 1. The predicted molar refractivity (Wildman–Crippen MR) is 55.3 cm³/mol. The van der Waals surface area contributed by atoms with Crippen molar-refractivity contribution in [1.29, 1.82) is 0 Å². The monoisotopic (exact) mass is 224 g/mol. The summed E-state index contributed by atoms with van der Waals surface area (Å²) < 4.78 is 4.67. The fraction of sp³-hybridized carbons (Fsp3) is 0.125. The highest BCUT2D eigenvalue weighted by atomic mass is 32.2. The molecule has 0 amide bonds. The molecule has 0 radical (unpaired) electrons. The molecule has 78 valence electrons. The van der Waals surface area contributed by atoms with Gasteiger partial charge in [0, 0.05) is 17.4 Å². The average Bonchev–Trinajstić information content (AvgIpc) is 2.65. The largest absolute Gasteiger partial charge is 0.383 e. The van der Waals surface area contributed by atoms with E-state index in [9.17, 15) is 4.79 Å². The zero-order chi connectivity index (χ0) is 10.7. The third kappa shape index (κ3) is 2.59. The molecule has 0 spiro atoms. The fourth-order valence-electron chi connectivity index (χ4n) is 0.971. The number of nitrogen functional groups attached to an aromatic ring is 1. The quantitative estimate of drug-likeness (QED) is 0.586. The third-order valence-corrected chi connectivity index (χ3v) is 2.54. The summed E-state index contributed by atoms with van der Waals surface area (Å²) >= 11 is 1.36. The van der Waals surface area contributed by atoms with Gasteiger partial charge in [0.25, 0.3) is 5.56 Å². The van der Waals surface area contributed by atoms with Crippen molar-refractivity contribution in [3.05, 3.63) is 34.4 Å². The standard InChI is InChI=1S/C8H8N4O2S/c9-6-1-7(13)12-8(11-6)15-4-5-2-10-14-3-5/h1-3H,4H2,(H3,9,11,12,13). The first-order valence-corrected chi connectivity index (χ1v) is 5.10. The Balaban J connectivity index is 2.08. The van der Waals surface area contributed by atoms with E-state index in [0.29, 0.717) is 10.9 Å². The van der Waals surface area contributed by atoms with Crippen LogP contribution < -0.4 is 11.3 Å². The number of aromatic nitrogens is 3. The van der Waals surface area contributed by atoms with Crippen molar-refractivity contribution in [3.8, 4) is 0 Å². The molecule has 0 atom stereocenters. The second-order valence-electron chi connectivity index (χ2n) is 2.80. The van der Waals surface area contributed by atoms with Crippen molar-refractivity contribution < 1.29 is 4.52 Å². The van der Waals surface area contributed by atoms with Crippen molar-refractivity contribution in [2.24, 2.45) is 0 Å². The van der Waals surface area contributed by atoms with E-state index in [4.69, 9.17) is 5.73 Å². The smallest absolute Gasteiger partial charge is 0.253 e. The van der Waals surface area contributed by atoms with Crippen LogP contribution in [0.2, 0.25) is 0 Å². The molecule has 7 heteroatoms. The molecule has 0 aliphatic rings. The zero-order valence-electron chi connectivity index (χ0n) is 7.64. The maximum Gasteiger partial charge on any atom is 0.253 e. The SMILES string of the molecule is Nc1cc(=O)[nH]c(SCc2cnoc2)n1. The summed E-state index contributed by atoms with van der Waals surface area (Å²) in [4.78, 5) is 17.6. The summed E-state index contributed by atoms with van der Waals surface area (Å²) in [6.07, 6.45) is 3.15. The van der Waals surface area contributed by atoms with Crippen molar-refractivity contribution in [3.63, 3.8) is 0 Å². The van der Waals surface area contributed by atoms with Gasteiger partial charge >= 0.3 is 0 Å². The van der Waals surface area contributed by atoms with Crippen LogP contribution in [0.5, 0.6) is 0 Å². The van der Waals surface area contributed by atoms with Gasteiger partial charge in [0.1, 0.15) is 12.1 Å². The van der Waals surface area contributed by atoms with E-state index < -0.39 is 0 Å². The van der Waals surface area contributed by atoms with E-state index in [0.717, 1.165) is 5.56 Å². The number of nitrogens with two attached hydrogens (primary N) is 1. The van der Waals surface area contributed by atoms with E-state index in [1.165, 1.54) is 24.1 Å². The van der Waals surface area contributed by atoms with Crippen molar-refractivity contribution in [2.75, 3.05) is 5.73 Å². The molecule has 0 bridgehead atoms. The Bertz CT molecular complexity index is 494. The molecule has 3 N–H and O–H groups in total. The number of hydrogen-bond donors (Lipinski definition) is 2. The van der Waals surface area contributed by atoms with E-state index in [-0.39, 0.29) is 11.4 Å². The number of rotatable bonds is 3. The summed E-state index contributed by atoms with van der Waals surface area (Å²) in [6.45, 7) is 0. The fourth-order valence-corrected chi connectivity index (χ4v) is 1.76. The first kappa shape index (κ1) is 9.78. The number of H-pyrrole nitrogens is 1. The van der Waals surface area contributed by atoms with E-state index in [1.54, 1.807) is 6.20 Å². The van der Waals surface area contributed by atoms with Gasteiger partial charge in [0.15, 0.2) is 5.16 Å². The maximum absolute atomic E-state index is 11.1. The second-order valence-corrected chi connectivity index (χ2v) is 3.76. The van der Waals surface area contributed by atoms with Gasteiger partial charge in [-0.05, 0) is 0 Å². The van der Waals surface area contributed by atoms with Crippen LogP contribution >= 0.6 is 11.8 Å². The van der Waals surface area contributed by atoms with Gasteiger partial charge in [-0.2, -0.15) is 0 Å². The molecule has 0 aromatic carbocycles. The molecule has 2 aromatic rings. The molecule has 0 aliphatic heterocycles. The number of hydrogen-bond acceptors (Lipinski definition) is 6. The molecule has 0 saturated carbocycles. The van der Waals surface area contributed by atoms with Crippen LogP contribution in [0.15, 0.2) is 33.0 Å². The van der Waals surface area contributed by atoms with Crippen LogP contribution in [0.3, 0.4) is 0 Å². The Morgan fingerprint density at radius 2 is 2.47 bits per heavy atom. The minimum atomic E-state index is -0.254. The molecule has 0 unspecified atom stereocenters. The number of anilines is 1. The van der Waals surface area contributed by atoms with Gasteiger partial charge in [-0.15, -0.1) is 0 Å². The van der Waals surface area contributed by atoms with Crippen LogP contribution in [0.25, 0.3) is 0 Å². The highest BCUT2D eigenvalue weighted by molar-refractivity contribution is 7.98. The van der Waals surface area contributed by atoms with E-state index >= 15 is 0 Å². The van der Waals surface area contributed by atoms with Gasteiger partial charge in [-0.3, -0.25) is 4.79 Å². The van der Waals surface area contributed by atoms with Crippen LogP contribution in [-0.4, -0.2) is 15.1 Å². The number of nitrogens with one attached hydrogen (secondary N) is 1. The van der Waals surface area contributed by atoms with Crippen LogP contribution in [0.4, 0.5) is 5.82 Å². The molecule has 2 aromatic heterocycles. The Morgan fingerprint density at radius 3 is 3.13 bits per heavy atom. The first-order chi connectivity index (χ1) is 7.24. The lowest BCUT2D eigenvalue weighted by molar-refractivity contribution is 0.419. The lowest BCUT2D eigenvalue weighted by Crippen LogP contribution is -2.09. The molecular weight excluding hydrogens is 216 g/mol. The lowest BCUT2D eigenvalue weighted by Gasteiger charge is -1.98. The Morgan fingerprint density at radius 1 is 1.60 bits per heavy atom. The summed E-state index contributed by atoms with van der Waals surface area (Å²) in [6, 6.07) is 1.24. The Labute approximate surface area is 88.9 Å². The maximum atomic E-state index is 11.1. The number of thioether (sulfide) groups is 1. The minimum Gasteiger partial charge on any atom is -0.383 e. The number of nitrogens with zero attached hydrogens (tertiary/aromatic N) is 2. The van der Waals surface area contributed by atoms with Crippen LogP contribution in [0, 0.1) is 0 Å². The highest BCUT2D eigenvalue weighted by Crippen LogP contribution is 2.17. The first-order valence-electron chi connectivity index (χ1n) is 4.12. The summed E-state index contributed by atoms with van der Waals surface area (Å²) in [5.41, 5.74) is 6.10.